The van der Waals surface area contributed by atoms with Crippen LogP contribution in [0.15, 0.2) is 84.0 Å². The zero-order chi connectivity index (χ0) is 17.9. The summed E-state index contributed by atoms with van der Waals surface area (Å²) in [6.45, 7) is 2.03. The van der Waals surface area contributed by atoms with Gasteiger partial charge in [-0.1, -0.05) is 54.1 Å². The lowest BCUT2D eigenvalue weighted by molar-refractivity contribution is 1.24. The van der Waals surface area contributed by atoms with Gasteiger partial charge < -0.3 is 5.73 Å². The van der Waals surface area contributed by atoms with Crippen LogP contribution in [0.2, 0.25) is 0 Å². The number of hydrogen-bond acceptors (Lipinski definition) is 3. The Morgan fingerprint density at radius 1 is 0.885 bits per heavy atom. The second kappa shape index (κ2) is 6.76. The maximum Gasteiger partial charge on any atom is 0.162 e. The van der Waals surface area contributed by atoms with Crippen molar-refractivity contribution in [3.8, 4) is 11.4 Å². The lowest BCUT2D eigenvalue weighted by atomic mass is 10.1. The van der Waals surface area contributed by atoms with Crippen LogP contribution in [0.1, 0.15) is 11.1 Å². The fraction of sp³-hybridized carbons (Fsp3) is 0.0455. The SMILES string of the molecule is Cc1cccc(C(N)=Nc2nc(-c3ccccn3)cc3ccccc23)c1. The number of nitrogens with two attached hydrogens (primary N) is 1. The van der Waals surface area contributed by atoms with Gasteiger partial charge in [0, 0.05) is 17.1 Å². The fourth-order valence-electron chi connectivity index (χ4n) is 2.89. The zero-order valence-electron chi connectivity index (χ0n) is 14.4. The number of aryl methyl sites for hydroxylation is 1. The number of pyridine rings is 2. The number of hydrogen-bond donors (Lipinski definition) is 1. The molecule has 26 heavy (non-hydrogen) atoms. The number of amidine groups is 1. The van der Waals surface area contributed by atoms with Gasteiger partial charge >= 0.3 is 0 Å². The van der Waals surface area contributed by atoms with Crippen molar-refractivity contribution in [3.63, 3.8) is 0 Å². The summed E-state index contributed by atoms with van der Waals surface area (Å²) in [5.74, 6) is 1.05. The summed E-state index contributed by atoms with van der Waals surface area (Å²) in [6, 6.07) is 23.8. The van der Waals surface area contributed by atoms with Crippen LogP contribution in [0.25, 0.3) is 22.2 Å². The molecule has 4 aromatic rings. The summed E-state index contributed by atoms with van der Waals surface area (Å²) in [5, 5.41) is 2.02. The Kier molecular flexibility index (Phi) is 4.15. The molecule has 0 spiro atoms. The van der Waals surface area contributed by atoms with Crippen molar-refractivity contribution in [1.82, 2.24) is 9.97 Å². The van der Waals surface area contributed by atoms with Crippen molar-refractivity contribution in [3.05, 3.63) is 90.1 Å². The molecule has 4 heteroatoms. The Labute approximate surface area is 152 Å². The highest BCUT2D eigenvalue weighted by atomic mass is 15.0. The van der Waals surface area contributed by atoms with Gasteiger partial charge in [-0.25, -0.2) is 9.98 Å². The Balaban J connectivity index is 1.89. The topological polar surface area (TPSA) is 64.2 Å². The smallest absolute Gasteiger partial charge is 0.162 e. The van der Waals surface area contributed by atoms with Crippen LogP contribution in [0.5, 0.6) is 0 Å². The van der Waals surface area contributed by atoms with Crippen molar-refractivity contribution in [2.24, 2.45) is 10.7 Å². The van der Waals surface area contributed by atoms with Crippen LogP contribution in [0.3, 0.4) is 0 Å². The van der Waals surface area contributed by atoms with Gasteiger partial charge in [0.15, 0.2) is 5.82 Å². The average Bonchev–Trinajstić information content (AvgIpc) is 2.68. The van der Waals surface area contributed by atoms with E-state index in [1.807, 2.05) is 79.7 Å². The van der Waals surface area contributed by atoms with Crippen LogP contribution in [0.4, 0.5) is 5.82 Å². The normalized spacial score (nSPS) is 11.7. The highest BCUT2D eigenvalue weighted by Crippen LogP contribution is 2.29. The summed E-state index contributed by atoms with van der Waals surface area (Å²) in [4.78, 5) is 13.8. The van der Waals surface area contributed by atoms with Crippen LogP contribution in [-0.2, 0) is 0 Å². The van der Waals surface area contributed by atoms with E-state index in [0.717, 1.165) is 33.3 Å². The average molecular weight is 338 g/mol. The van der Waals surface area contributed by atoms with Gasteiger partial charge in [-0.05, 0) is 36.6 Å². The van der Waals surface area contributed by atoms with Crippen molar-refractivity contribution < 1.29 is 0 Å². The number of nitrogens with zero attached hydrogens (tertiary/aromatic N) is 3. The molecule has 2 aromatic carbocycles. The molecule has 2 N–H and O–H groups in total. The van der Waals surface area contributed by atoms with E-state index in [4.69, 9.17) is 10.7 Å². The van der Waals surface area contributed by atoms with Gasteiger partial charge in [-0.3, -0.25) is 4.98 Å². The van der Waals surface area contributed by atoms with E-state index in [1.165, 1.54) is 0 Å². The van der Waals surface area contributed by atoms with Crippen molar-refractivity contribution >= 4 is 22.4 Å². The van der Waals surface area contributed by atoms with Gasteiger partial charge in [-0.15, -0.1) is 0 Å². The molecule has 4 rings (SSSR count). The Morgan fingerprint density at radius 2 is 1.73 bits per heavy atom. The molecule has 126 valence electrons. The molecule has 0 bridgehead atoms. The molecule has 2 heterocycles. The van der Waals surface area contributed by atoms with Gasteiger partial charge in [0.05, 0.1) is 11.4 Å². The minimum absolute atomic E-state index is 0.449. The monoisotopic (exact) mass is 338 g/mol. The van der Waals surface area contributed by atoms with Crippen LogP contribution in [0, 0.1) is 6.92 Å². The van der Waals surface area contributed by atoms with Crippen molar-refractivity contribution in [2.45, 2.75) is 6.92 Å². The maximum absolute atomic E-state index is 6.27. The molecular weight excluding hydrogens is 320 g/mol. The van der Waals surface area contributed by atoms with Crippen LogP contribution in [-0.4, -0.2) is 15.8 Å². The van der Waals surface area contributed by atoms with Crippen molar-refractivity contribution in [2.75, 3.05) is 0 Å². The minimum Gasteiger partial charge on any atom is -0.383 e. The van der Waals surface area contributed by atoms with Gasteiger partial charge in [0.2, 0.25) is 0 Å². The van der Waals surface area contributed by atoms with Crippen LogP contribution < -0.4 is 5.73 Å². The third kappa shape index (κ3) is 3.17. The molecule has 0 saturated heterocycles. The molecule has 0 unspecified atom stereocenters. The Morgan fingerprint density at radius 3 is 2.54 bits per heavy atom. The highest BCUT2D eigenvalue weighted by Gasteiger charge is 2.09. The van der Waals surface area contributed by atoms with E-state index in [9.17, 15) is 0 Å². The molecule has 2 aromatic heterocycles. The first-order chi connectivity index (χ1) is 12.7. The molecule has 0 radical (unpaired) electrons. The van der Waals surface area contributed by atoms with Gasteiger partial charge in [0.1, 0.15) is 5.84 Å². The standard InChI is InChI=1S/C22H18N4/c1-15-7-6-9-17(13-15)21(23)26-22-18-10-3-2-8-16(18)14-20(25-22)19-11-4-5-12-24-19/h2-14H,1H3,(H2,23,25,26). The molecule has 0 aliphatic rings. The lowest BCUT2D eigenvalue weighted by Crippen LogP contribution is -2.13. The first-order valence-electron chi connectivity index (χ1n) is 8.43. The number of benzene rings is 2. The maximum atomic E-state index is 6.27. The number of rotatable bonds is 3. The first-order valence-corrected chi connectivity index (χ1v) is 8.43. The molecular formula is C22H18N4. The second-order valence-electron chi connectivity index (χ2n) is 6.13. The number of aromatic nitrogens is 2. The van der Waals surface area contributed by atoms with E-state index >= 15 is 0 Å². The summed E-state index contributed by atoms with van der Waals surface area (Å²) >= 11 is 0. The molecule has 0 amide bonds. The summed E-state index contributed by atoms with van der Waals surface area (Å²) in [6.07, 6.45) is 1.76. The molecule has 0 aliphatic heterocycles. The zero-order valence-corrected chi connectivity index (χ0v) is 14.4. The molecule has 0 saturated carbocycles. The third-order valence-electron chi connectivity index (χ3n) is 4.19. The number of aliphatic imine (C=N–C) groups is 1. The number of fused-ring (bicyclic) bond motifs is 1. The first kappa shape index (κ1) is 16.0. The second-order valence-corrected chi connectivity index (χ2v) is 6.13. The minimum atomic E-state index is 0.449. The molecule has 0 atom stereocenters. The summed E-state index contributed by atoms with van der Waals surface area (Å²) < 4.78 is 0. The van der Waals surface area contributed by atoms with Gasteiger partial charge in [-0.2, -0.15) is 0 Å². The van der Waals surface area contributed by atoms with Crippen LogP contribution >= 0.6 is 0 Å². The predicted octanol–water partition coefficient (Wildman–Crippen LogP) is 4.64. The quantitative estimate of drug-likeness (QED) is 0.437. The fourth-order valence-corrected chi connectivity index (χ4v) is 2.89. The largest absolute Gasteiger partial charge is 0.383 e. The van der Waals surface area contributed by atoms with E-state index in [2.05, 4.69) is 9.98 Å². The summed E-state index contributed by atoms with van der Waals surface area (Å²) in [7, 11) is 0. The van der Waals surface area contributed by atoms with E-state index in [0.29, 0.717) is 11.7 Å². The highest BCUT2D eigenvalue weighted by molar-refractivity contribution is 6.02. The molecule has 0 aliphatic carbocycles. The van der Waals surface area contributed by atoms with E-state index in [-0.39, 0.29) is 0 Å². The Bertz CT molecular complexity index is 1100. The molecule has 0 fully saturated rings. The summed E-state index contributed by atoms with van der Waals surface area (Å²) in [5.41, 5.74) is 9.88. The predicted molar refractivity (Wildman–Crippen MR) is 107 cm³/mol. The Hall–Kier alpha value is -3.53. The third-order valence-corrected chi connectivity index (χ3v) is 4.19. The molecule has 4 nitrogen and oxygen atoms in total. The van der Waals surface area contributed by atoms with Crippen molar-refractivity contribution in [1.29, 1.82) is 0 Å². The van der Waals surface area contributed by atoms with E-state index in [1.54, 1.807) is 6.20 Å². The van der Waals surface area contributed by atoms with E-state index < -0.39 is 0 Å². The lowest BCUT2D eigenvalue weighted by Gasteiger charge is -2.08. The van der Waals surface area contributed by atoms with Gasteiger partial charge in [0.25, 0.3) is 0 Å².